The van der Waals surface area contributed by atoms with E-state index in [1.54, 1.807) is 11.3 Å². The minimum Gasteiger partial charge on any atom is -0.377 e. The van der Waals surface area contributed by atoms with E-state index >= 15 is 0 Å². The Bertz CT molecular complexity index is 1470. The third-order valence-electron chi connectivity index (χ3n) is 6.64. The zero-order valence-electron chi connectivity index (χ0n) is 24.1. The normalized spacial score (nSPS) is 11.3. The van der Waals surface area contributed by atoms with Crippen LogP contribution < -0.4 is 19.8 Å². The summed E-state index contributed by atoms with van der Waals surface area (Å²) in [4.78, 5) is 23.7. The Morgan fingerprint density at radius 1 is 0.854 bits per heavy atom. The molecule has 10 heteroatoms. The van der Waals surface area contributed by atoms with E-state index in [0.717, 1.165) is 16.9 Å². The van der Waals surface area contributed by atoms with Crippen molar-refractivity contribution >= 4 is 44.3 Å². The van der Waals surface area contributed by atoms with Gasteiger partial charge in [-0.25, -0.2) is 4.57 Å². The Labute approximate surface area is 245 Å². The van der Waals surface area contributed by atoms with Crippen LogP contribution in [-0.2, 0) is 43.8 Å². The van der Waals surface area contributed by atoms with Gasteiger partial charge in [-0.2, -0.15) is 4.57 Å². The summed E-state index contributed by atoms with van der Waals surface area (Å²) in [6.45, 7) is 7.46. The Balaban J connectivity index is 1.24. The largest absolute Gasteiger partial charge is 0.377 e. The van der Waals surface area contributed by atoms with E-state index in [1.807, 2.05) is 12.1 Å². The number of fused-ring (bicyclic) bond motifs is 2. The lowest BCUT2D eigenvalue weighted by Crippen LogP contribution is -2.45. The number of nitrogens with one attached hydrogen (secondary N) is 2. The fraction of sp³-hybridized carbons (Fsp3) is 0.419. The Kier molecular flexibility index (Phi) is 11.6. The molecule has 9 nitrogen and oxygen atoms in total. The Morgan fingerprint density at radius 3 is 2.27 bits per heavy atom. The first kappa shape index (κ1) is 30.5. The molecule has 2 amide bonds. The summed E-state index contributed by atoms with van der Waals surface area (Å²) in [5.41, 5.74) is 4.74. The molecule has 0 bridgehead atoms. The molecule has 0 radical (unpaired) electrons. The summed E-state index contributed by atoms with van der Waals surface area (Å²) in [7, 11) is 2.07. The maximum Gasteiger partial charge on any atom is 0.286 e. The van der Waals surface area contributed by atoms with Crippen molar-refractivity contribution in [3.63, 3.8) is 0 Å². The van der Waals surface area contributed by atoms with Gasteiger partial charge in [-0.3, -0.25) is 9.59 Å². The molecule has 0 aliphatic heterocycles. The van der Waals surface area contributed by atoms with Gasteiger partial charge in [-0.15, -0.1) is 0 Å². The molecule has 218 valence electrons. The lowest BCUT2D eigenvalue weighted by molar-refractivity contribution is -0.661. The van der Waals surface area contributed by atoms with Crippen molar-refractivity contribution in [3.8, 4) is 0 Å². The summed E-state index contributed by atoms with van der Waals surface area (Å²) >= 11 is 1.74. The third kappa shape index (κ3) is 9.02. The van der Waals surface area contributed by atoms with E-state index in [9.17, 15) is 9.59 Å². The number of ether oxygens (including phenoxy) is 3. The predicted octanol–water partition coefficient (Wildman–Crippen LogP) is 2.37. The minimum atomic E-state index is -0.0667. The number of carbonyl (C=O) groups is 2. The van der Waals surface area contributed by atoms with Crippen molar-refractivity contribution in [2.24, 2.45) is 7.05 Å². The van der Waals surface area contributed by atoms with E-state index in [2.05, 4.69) is 76.3 Å². The first-order valence-electron chi connectivity index (χ1n) is 13.9. The minimum absolute atomic E-state index is 0.0454. The molecule has 0 saturated heterocycles. The number of aryl methyl sites for hydroxylation is 2. The highest BCUT2D eigenvalue weighted by Crippen LogP contribution is 2.25. The van der Waals surface area contributed by atoms with Crippen LogP contribution in [-0.4, -0.2) is 64.5 Å². The average Bonchev–Trinajstić information content (AvgIpc) is 3.29. The molecule has 2 aromatic heterocycles. The number of nitrogens with zero attached hydrogens (tertiary/aromatic N) is 2. The number of rotatable bonds is 16. The van der Waals surface area contributed by atoms with Crippen LogP contribution in [0.1, 0.15) is 23.1 Å². The van der Waals surface area contributed by atoms with Crippen LogP contribution in [0.15, 0.2) is 54.7 Å². The number of benzene rings is 2. The standard InChI is InChI=1S/C31H38N4O5S/c1-23-8-9-26-25(10-13-34(3)28(26)20-23)21-31-35(27-6-4-5-7-29(27)41-31)22-30(37)33-12-15-39-17-19-40-18-16-38-14-11-32-24(2)36/h4-10,13,20H,11-12,14-19,21-22H2,1-3H3/p+2. The molecule has 2 aromatic carbocycles. The highest BCUT2D eigenvalue weighted by molar-refractivity contribution is 7.18. The number of pyridine rings is 1. The van der Waals surface area contributed by atoms with Crippen molar-refractivity contribution in [1.82, 2.24) is 10.6 Å². The summed E-state index contributed by atoms with van der Waals surface area (Å²) in [5.74, 6) is -0.112. The van der Waals surface area contributed by atoms with Crippen molar-refractivity contribution in [3.05, 3.63) is 70.9 Å². The molecule has 4 rings (SSSR count). The van der Waals surface area contributed by atoms with Crippen molar-refractivity contribution in [2.45, 2.75) is 26.8 Å². The first-order valence-corrected chi connectivity index (χ1v) is 14.8. The zero-order chi connectivity index (χ0) is 29.0. The molecule has 0 spiro atoms. The van der Waals surface area contributed by atoms with Crippen molar-refractivity contribution in [1.29, 1.82) is 0 Å². The molecule has 0 aliphatic carbocycles. The van der Waals surface area contributed by atoms with Gasteiger partial charge in [-0.1, -0.05) is 29.5 Å². The predicted molar refractivity (Wildman–Crippen MR) is 159 cm³/mol. The van der Waals surface area contributed by atoms with Crippen LogP contribution in [0.5, 0.6) is 0 Å². The smallest absolute Gasteiger partial charge is 0.286 e. The van der Waals surface area contributed by atoms with Crippen LogP contribution in [0.4, 0.5) is 0 Å². The topological polar surface area (TPSA) is 93.7 Å². The molecule has 0 atom stereocenters. The van der Waals surface area contributed by atoms with Gasteiger partial charge in [0.05, 0.1) is 51.4 Å². The zero-order valence-corrected chi connectivity index (χ0v) is 24.9. The van der Waals surface area contributed by atoms with Crippen molar-refractivity contribution < 1.29 is 32.9 Å². The van der Waals surface area contributed by atoms with E-state index < -0.39 is 0 Å². The molecule has 0 saturated carbocycles. The van der Waals surface area contributed by atoms with E-state index in [1.165, 1.54) is 33.7 Å². The number of hydrogen-bond acceptors (Lipinski definition) is 6. The second-order valence-corrected chi connectivity index (χ2v) is 11.0. The fourth-order valence-electron chi connectivity index (χ4n) is 4.58. The Hall–Kier alpha value is -3.44. The lowest BCUT2D eigenvalue weighted by atomic mass is 10.0. The van der Waals surface area contributed by atoms with Crippen LogP contribution in [0.2, 0.25) is 0 Å². The Morgan fingerprint density at radius 2 is 1.54 bits per heavy atom. The molecular formula is C31H40N4O5S+2. The molecular weight excluding hydrogens is 540 g/mol. The fourth-order valence-corrected chi connectivity index (χ4v) is 5.77. The van der Waals surface area contributed by atoms with Crippen LogP contribution in [0.25, 0.3) is 21.1 Å². The van der Waals surface area contributed by atoms with Crippen LogP contribution in [0.3, 0.4) is 0 Å². The monoisotopic (exact) mass is 580 g/mol. The molecule has 4 aromatic rings. The summed E-state index contributed by atoms with van der Waals surface area (Å²) < 4.78 is 21.9. The van der Waals surface area contributed by atoms with Gasteiger partial charge in [0.1, 0.15) is 11.7 Å². The number of thiazole rings is 1. The van der Waals surface area contributed by atoms with Gasteiger partial charge in [0.25, 0.3) is 5.91 Å². The summed E-state index contributed by atoms with van der Waals surface area (Å²) in [6, 6.07) is 17.0. The molecule has 2 N–H and O–H groups in total. The van der Waals surface area contributed by atoms with Gasteiger partial charge in [0.15, 0.2) is 6.20 Å². The summed E-state index contributed by atoms with van der Waals surface area (Å²) in [6.07, 6.45) is 2.85. The van der Waals surface area contributed by atoms with Crippen LogP contribution >= 0.6 is 11.3 Å². The highest BCUT2D eigenvalue weighted by Gasteiger charge is 2.24. The van der Waals surface area contributed by atoms with Crippen LogP contribution in [0, 0.1) is 6.92 Å². The van der Waals surface area contributed by atoms with Gasteiger partial charge >= 0.3 is 0 Å². The quantitative estimate of drug-likeness (QED) is 0.157. The first-order chi connectivity index (χ1) is 19.9. The molecule has 2 heterocycles. The van der Waals surface area contributed by atoms with Gasteiger partial charge in [0, 0.05) is 38.2 Å². The van der Waals surface area contributed by atoms with E-state index in [-0.39, 0.29) is 18.4 Å². The number of aromatic nitrogens is 2. The molecule has 41 heavy (non-hydrogen) atoms. The second kappa shape index (κ2) is 15.5. The van der Waals surface area contributed by atoms with E-state index in [4.69, 9.17) is 14.2 Å². The molecule has 0 aliphatic rings. The van der Waals surface area contributed by atoms with Gasteiger partial charge in [0.2, 0.25) is 28.5 Å². The van der Waals surface area contributed by atoms with Gasteiger partial charge < -0.3 is 24.8 Å². The van der Waals surface area contributed by atoms with E-state index in [0.29, 0.717) is 52.7 Å². The highest BCUT2D eigenvalue weighted by atomic mass is 32.1. The number of hydrogen-bond donors (Lipinski definition) is 2. The molecule has 0 unspecified atom stereocenters. The van der Waals surface area contributed by atoms with Crippen molar-refractivity contribution in [2.75, 3.05) is 52.7 Å². The third-order valence-corrected chi connectivity index (χ3v) is 7.81. The second-order valence-electron chi connectivity index (χ2n) is 9.87. The maximum absolute atomic E-state index is 12.9. The number of para-hydroxylation sites is 1. The average molecular weight is 581 g/mol. The van der Waals surface area contributed by atoms with Gasteiger partial charge in [-0.05, 0) is 30.2 Å². The molecule has 0 fully saturated rings. The lowest BCUT2D eigenvalue weighted by Gasteiger charge is -2.08. The SMILES string of the molecule is CC(=O)NCCOCCOCCOCCNC(=O)C[n+]1c(Cc2cc[n+](C)c3cc(C)ccc23)sc2ccccc21. The maximum atomic E-state index is 12.9. The summed E-state index contributed by atoms with van der Waals surface area (Å²) in [5, 5.41) is 8.02. The number of amides is 2. The number of carbonyl (C=O) groups excluding carboxylic acids is 2.